The van der Waals surface area contributed by atoms with Gasteiger partial charge in [0.2, 0.25) is 0 Å². The van der Waals surface area contributed by atoms with Crippen LogP contribution in [0.3, 0.4) is 0 Å². The summed E-state index contributed by atoms with van der Waals surface area (Å²) in [6.07, 6.45) is 4.01. The van der Waals surface area contributed by atoms with Crippen LogP contribution in [0.1, 0.15) is 31.7 Å². The summed E-state index contributed by atoms with van der Waals surface area (Å²) in [6, 6.07) is 12.7. The molecule has 0 saturated heterocycles. The van der Waals surface area contributed by atoms with Crippen LogP contribution in [0.2, 0.25) is 0 Å². The molecule has 1 rings (SSSR count). The summed E-state index contributed by atoms with van der Waals surface area (Å²) in [4.78, 5) is 0. The monoisotopic (exact) mass is 187 g/mol. The van der Waals surface area contributed by atoms with E-state index in [2.05, 4.69) is 37.3 Å². The van der Waals surface area contributed by atoms with Crippen LogP contribution in [-0.4, -0.2) is 0 Å². The van der Waals surface area contributed by atoms with Crippen molar-refractivity contribution in [1.82, 2.24) is 0 Å². The SMILES string of the molecule is CC(CCCC#N)Cc1ccccc1. The number of hydrogen-bond acceptors (Lipinski definition) is 1. The molecule has 0 aliphatic heterocycles. The lowest BCUT2D eigenvalue weighted by atomic mass is 9.96. The van der Waals surface area contributed by atoms with Crippen LogP contribution < -0.4 is 0 Å². The topological polar surface area (TPSA) is 23.8 Å². The Labute approximate surface area is 86.4 Å². The minimum atomic E-state index is 0.686. The number of unbranched alkanes of at least 4 members (excludes halogenated alkanes) is 1. The van der Waals surface area contributed by atoms with Gasteiger partial charge < -0.3 is 0 Å². The fourth-order valence-electron chi connectivity index (χ4n) is 1.65. The van der Waals surface area contributed by atoms with Gasteiger partial charge in [0.1, 0.15) is 0 Å². The zero-order valence-corrected chi connectivity index (χ0v) is 8.74. The summed E-state index contributed by atoms with van der Waals surface area (Å²) in [5.41, 5.74) is 1.40. The summed E-state index contributed by atoms with van der Waals surface area (Å²) in [7, 11) is 0. The van der Waals surface area contributed by atoms with E-state index in [9.17, 15) is 0 Å². The second-order valence-electron chi connectivity index (χ2n) is 3.85. The molecule has 0 heterocycles. The minimum absolute atomic E-state index is 0.686. The molecule has 0 radical (unpaired) electrons. The fraction of sp³-hybridized carbons (Fsp3) is 0.462. The molecule has 0 N–H and O–H groups in total. The van der Waals surface area contributed by atoms with Gasteiger partial charge in [-0.2, -0.15) is 5.26 Å². The summed E-state index contributed by atoms with van der Waals surface area (Å²) in [5, 5.41) is 8.42. The van der Waals surface area contributed by atoms with Crippen molar-refractivity contribution in [3.05, 3.63) is 35.9 Å². The zero-order valence-electron chi connectivity index (χ0n) is 8.74. The second kappa shape index (κ2) is 6.21. The average molecular weight is 187 g/mol. The van der Waals surface area contributed by atoms with E-state index in [0.717, 1.165) is 19.3 Å². The maximum atomic E-state index is 8.42. The largest absolute Gasteiger partial charge is 0.198 e. The highest BCUT2D eigenvalue weighted by molar-refractivity contribution is 5.14. The first kappa shape index (κ1) is 10.8. The van der Waals surface area contributed by atoms with Crippen molar-refractivity contribution < 1.29 is 0 Å². The normalized spacial score (nSPS) is 12.0. The van der Waals surface area contributed by atoms with E-state index >= 15 is 0 Å². The molecule has 0 fully saturated rings. The summed E-state index contributed by atoms with van der Waals surface area (Å²) >= 11 is 0. The van der Waals surface area contributed by atoms with Gasteiger partial charge in [0.25, 0.3) is 0 Å². The van der Waals surface area contributed by atoms with Crippen LogP contribution in [0.4, 0.5) is 0 Å². The van der Waals surface area contributed by atoms with Gasteiger partial charge in [-0.15, -0.1) is 0 Å². The first-order valence-electron chi connectivity index (χ1n) is 5.24. The van der Waals surface area contributed by atoms with Crippen molar-refractivity contribution in [2.45, 2.75) is 32.6 Å². The van der Waals surface area contributed by atoms with E-state index < -0.39 is 0 Å². The molecule has 14 heavy (non-hydrogen) atoms. The first-order valence-corrected chi connectivity index (χ1v) is 5.24. The smallest absolute Gasteiger partial charge is 0.0621 e. The Morgan fingerprint density at radius 2 is 2.00 bits per heavy atom. The van der Waals surface area contributed by atoms with Crippen LogP contribution in [0.5, 0.6) is 0 Å². The molecule has 1 heteroatoms. The maximum absolute atomic E-state index is 8.42. The van der Waals surface area contributed by atoms with Crippen LogP contribution in [0.25, 0.3) is 0 Å². The lowest BCUT2D eigenvalue weighted by Crippen LogP contribution is -1.99. The number of rotatable bonds is 5. The van der Waals surface area contributed by atoms with Crippen LogP contribution in [0, 0.1) is 17.2 Å². The molecular formula is C13H17N. The Balaban J connectivity index is 2.28. The molecule has 0 amide bonds. The molecule has 1 atom stereocenters. The lowest BCUT2D eigenvalue weighted by molar-refractivity contribution is 0.512. The molecule has 1 nitrogen and oxygen atoms in total. The van der Waals surface area contributed by atoms with E-state index in [-0.39, 0.29) is 0 Å². The summed E-state index contributed by atoms with van der Waals surface area (Å²) in [5.74, 6) is 0.686. The van der Waals surface area contributed by atoms with Crippen LogP contribution in [0.15, 0.2) is 30.3 Å². The van der Waals surface area contributed by atoms with Crippen molar-refractivity contribution in [2.75, 3.05) is 0 Å². The lowest BCUT2D eigenvalue weighted by Gasteiger charge is -2.09. The van der Waals surface area contributed by atoms with Gasteiger partial charge in [0.05, 0.1) is 6.07 Å². The first-order chi connectivity index (χ1) is 6.83. The van der Waals surface area contributed by atoms with Gasteiger partial charge in [-0.3, -0.25) is 0 Å². The fourth-order valence-corrected chi connectivity index (χ4v) is 1.65. The van der Waals surface area contributed by atoms with Crippen molar-refractivity contribution in [3.8, 4) is 6.07 Å². The number of nitrogens with zero attached hydrogens (tertiary/aromatic N) is 1. The number of nitriles is 1. The van der Waals surface area contributed by atoms with Crippen molar-refractivity contribution in [1.29, 1.82) is 5.26 Å². The van der Waals surface area contributed by atoms with Gasteiger partial charge in [0.15, 0.2) is 0 Å². The Morgan fingerprint density at radius 3 is 2.64 bits per heavy atom. The van der Waals surface area contributed by atoms with E-state index in [1.54, 1.807) is 0 Å². The number of hydrogen-bond donors (Lipinski definition) is 0. The Morgan fingerprint density at radius 1 is 1.29 bits per heavy atom. The Bertz CT molecular complexity index is 284. The van der Waals surface area contributed by atoms with Gasteiger partial charge in [-0.1, -0.05) is 37.3 Å². The third kappa shape index (κ3) is 4.09. The van der Waals surface area contributed by atoms with Crippen molar-refractivity contribution in [3.63, 3.8) is 0 Å². The molecule has 0 bridgehead atoms. The van der Waals surface area contributed by atoms with Crippen LogP contribution >= 0.6 is 0 Å². The summed E-state index contributed by atoms with van der Waals surface area (Å²) in [6.45, 7) is 2.25. The molecule has 0 spiro atoms. The van der Waals surface area contributed by atoms with E-state index in [1.165, 1.54) is 5.56 Å². The summed E-state index contributed by atoms with van der Waals surface area (Å²) < 4.78 is 0. The van der Waals surface area contributed by atoms with E-state index in [0.29, 0.717) is 12.3 Å². The van der Waals surface area contributed by atoms with Gasteiger partial charge in [0, 0.05) is 6.42 Å². The van der Waals surface area contributed by atoms with Gasteiger partial charge in [-0.25, -0.2) is 0 Å². The predicted octanol–water partition coefficient (Wildman–Crippen LogP) is 3.56. The molecule has 0 aliphatic carbocycles. The van der Waals surface area contributed by atoms with Crippen molar-refractivity contribution in [2.24, 2.45) is 5.92 Å². The third-order valence-corrected chi connectivity index (χ3v) is 2.41. The minimum Gasteiger partial charge on any atom is -0.198 e. The maximum Gasteiger partial charge on any atom is 0.0621 e. The third-order valence-electron chi connectivity index (χ3n) is 2.41. The molecule has 1 unspecified atom stereocenters. The molecule has 1 aromatic rings. The highest BCUT2D eigenvalue weighted by Crippen LogP contribution is 2.13. The second-order valence-corrected chi connectivity index (χ2v) is 3.85. The molecular weight excluding hydrogens is 170 g/mol. The molecule has 1 aromatic carbocycles. The predicted molar refractivity (Wildman–Crippen MR) is 58.8 cm³/mol. The highest BCUT2D eigenvalue weighted by Gasteiger charge is 2.02. The van der Waals surface area contributed by atoms with E-state index in [1.807, 2.05) is 6.07 Å². The van der Waals surface area contributed by atoms with Crippen molar-refractivity contribution >= 4 is 0 Å². The van der Waals surface area contributed by atoms with E-state index in [4.69, 9.17) is 5.26 Å². The van der Waals surface area contributed by atoms with Gasteiger partial charge in [-0.05, 0) is 30.7 Å². The van der Waals surface area contributed by atoms with Crippen LogP contribution in [-0.2, 0) is 6.42 Å². The highest BCUT2D eigenvalue weighted by atomic mass is 14.2. The average Bonchev–Trinajstić information content (AvgIpc) is 2.20. The molecule has 74 valence electrons. The Kier molecular flexibility index (Phi) is 4.78. The number of benzene rings is 1. The zero-order chi connectivity index (χ0) is 10.2. The quantitative estimate of drug-likeness (QED) is 0.646. The Hall–Kier alpha value is -1.29. The molecule has 0 aliphatic rings. The molecule has 0 saturated carbocycles. The standard InChI is InChI=1S/C13H17N/c1-12(7-5-6-10-14)11-13-8-3-2-4-9-13/h2-4,8-9,12H,5-7,11H2,1H3. The molecule has 0 aromatic heterocycles. The van der Waals surface area contributed by atoms with Gasteiger partial charge >= 0.3 is 0 Å².